The molecule has 3 rings (SSSR count). The van der Waals surface area contributed by atoms with Crippen LogP contribution in [0.25, 0.3) is 0 Å². The predicted octanol–water partition coefficient (Wildman–Crippen LogP) is 4.18. The Balaban J connectivity index is 1.83. The van der Waals surface area contributed by atoms with Gasteiger partial charge in [0.25, 0.3) is 0 Å². The molecule has 0 amide bonds. The summed E-state index contributed by atoms with van der Waals surface area (Å²) in [6.45, 7) is 6.77. The molecular weight excluding hydrogens is 344 g/mol. The van der Waals surface area contributed by atoms with E-state index in [9.17, 15) is 14.7 Å². The smallest absolute Gasteiger partial charge is 0.168 e. The fraction of sp³-hybridized carbons (Fsp3) is 0.619. The Hall–Kier alpha value is -2.24. The zero-order valence-corrected chi connectivity index (χ0v) is 16.4. The fourth-order valence-electron chi connectivity index (χ4n) is 3.91. The molecule has 0 spiro atoms. The van der Waals surface area contributed by atoms with Gasteiger partial charge in [-0.2, -0.15) is 0 Å². The highest BCUT2D eigenvalue weighted by Crippen LogP contribution is 2.36. The zero-order chi connectivity index (χ0) is 19.6. The second-order valence-electron chi connectivity index (χ2n) is 8.30. The molecule has 2 aliphatic carbocycles. The van der Waals surface area contributed by atoms with Crippen LogP contribution in [0.3, 0.4) is 0 Å². The summed E-state index contributed by atoms with van der Waals surface area (Å²) in [4.78, 5) is 29.4. The molecule has 1 aromatic heterocycles. The summed E-state index contributed by atoms with van der Waals surface area (Å²) in [5.41, 5.74) is 2.08. The van der Waals surface area contributed by atoms with Gasteiger partial charge in [0.2, 0.25) is 0 Å². The lowest BCUT2D eigenvalue weighted by atomic mass is 9.73. The fourth-order valence-corrected chi connectivity index (χ4v) is 3.91. The zero-order valence-electron chi connectivity index (χ0n) is 16.4. The van der Waals surface area contributed by atoms with Crippen LogP contribution in [0.5, 0.6) is 0 Å². The first-order valence-electron chi connectivity index (χ1n) is 9.82. The number of aryl methyl sites for hydroxylation is 2. The number of aliphatic imine (C=N–C) groups is 1. The highest BCUT2D eigenvalue weighted by Gasteiger charge is 2.36. The van der Waals surface area contributed by atoms with E-state index in [1.165, 1.54) is 0 Å². The lowest BCUT2D eigenvalue weighted by Gasteiger charge is -2.31. The molecule has 1 heterocycles. The molecule has 0 aromatic carbocycles. The van der Waals surface area contributed by atoms with Gasteiger partial charge in [-0.05, 0) is 24.7 Å². The van der Waals surface area contributed by atoms with Gasteiger partial charge in [0, 0.05) is 44.4 Å². The van der Waals surface area contributed by atoms with Crippen molar-refractivity contribution in [1.29, 1.82) is 0 Å². The van der Waals surface area contributed by atoms with E-state index in [1.54, 1.807) is 0 Å². The number of rotatable bonds is 5. The lowest BCUT2D eigenvalue weighted by molar-refractivity contribution is -0.117. The summed E-state index contributed by atoms with van der Waals surface area (Å²) in [5, 5.41) is 14.7. The first kappa shape index (κ1) is 19.5. The number of ketones is 2. The van der Waals surface area contributed by atoms with Crippen LogP contribution in [0.2, 0.25) is 0 Å². The molecule has 1 fully saturated rings. The van der Waals surface area contributed by atoms with Crippen LogP contribution >= 0.6 is 0 Å². The molecule has 1 N–H and O–H groups in total. The van der Waals surface area contributed by atoms with E-state index < -0.39 is 0 Å². The molecule has 0 unspecified atom stereocenters. The van der Waals surface area contributed by atoms with Crippen molar-refractivity contribution < 1.29 is 19.2 Å². The number of allylic oxidation sites excluding steroid dienone is 2. The minimum atomic E-state index is -0.148. The third-order valence-corrected chi connectivity index (χ3v) is 5.19. The Labute approximate surface area is 159 Å². The predicted molar refractivity (Wildman–Crippen MR) is 102 cm³/mol. The van der Waals surface area contributed by atoms with Crippen molar-refractivity contribution in [2.24, 2.45) is 10.4 Å². The molecule has 0 radical (unpaired) electrons. The van der Waals surface area contributed by atoms with Crippen LogP contribution < -0.4 is 0 Å². The number of nitrogens with zero attached hydrogens (tertiary/aromatic N) is 2. The van der Waals surface area contributed by atoms with E-state index in [4.69, 9.17) is 4.52 Å². The summed E-state index contributed by atoms with van der Waals surface area (Å²) in [5.74, 6) is 0.691. The SMILES string of the molecule is CCCN=C1CC(C)(C)CC(=O)C1=C(O)CCc1noc2c1C(=O)CCC2. The van der Waals surface area contributed by atoms with Crippen molar-refractivity contribution in [3.63, 3.8) is 0 Å². The van der Waals surface area contributed by atoms with Crippen molar-refractivity contribution in [3.05, 3.63) is 28.3 Å². The Morgan fingerprint density at radius 1 is 1.22 bits per heavy atom. The Morgan fingerprint density at radius 2 is 2.00 bits per heavy atom. The van der Waals surface area contributed by atoms with E-state index in [0.29, 0.717) is 60.5 Å². The largest absolute Gasteiger partial charge is 0.511 e. The number of fused-ring (bicyclic) bond motifs is 1. The minimum absolute atomic E-state index is 0.0466. The number of aromatic nitrogens is 1. The van der Waals surface area contributed by atoms with Crippen LogP contribution in [0.1, 0.15) is 81.1 Å². The van der Waals surface area contributed by atoms with Crippen LogP contribution in [0, 0.1) is 5.41 Å². The Kier molecular flexibility index (Phi) is 5.63. The lowest BCUT2D eigenvalue weighted by Crippen LogP contribution is -2.33. The van der Waals surface area contributed by atoms with E-state index in [-0.39, 0.29) is 29.2 Å². The van der Waals surface area contributed by atoms with Crippen molar-refractivity contribution in [2.75, 3.05) is 6.54 Å². The van der Waals surface area contributed by atoms with Gasteiger partial charge in [0.15, 0.2) is 11.6 Å². The van der Waals surface area contributed by atoms with Gasteiger partial charge in [-0.1, -0.05) is 25.9 Å². The number of aliphatic hydroxyl groups excluding tert-OH is 1. The topological polar surface area (TPSA) is 92.8 Å². The van der Waals surface area contributed by atoms with Crippen molar-refractivity contribution in [3.8, 4) is 0 Å². The maximum absolute atomic E-state index is 12.7. The van der Waals surface area contributed by atoms with E-state index in [0.717, 1.165) is 19.3 Å². The highest BCUT2D eigenvalue weighted by atomic mass is 16.5. The molecule has 6 heteroatoms. The number of carbonyl (C=O) groups excluding carboxylic acids is 2. The van der Waals surface area contributed by atoms with Crippen LogP contribution in [0.4, 0.5) is 0 Å². The molecule has 2 aliphatic rings. The van der Waals surface area contributed by atoms with E-state index >= 15 is 0 Å². The molecule has 27 heavy (non-hydrogen) atoms. The number of carbonyl (C=O) groups is 2. The molecule has 0 aliphatic heterocycles. The highest BCUT2D eigenvalue weighted by molar-refractivity contribution is 6.24. The molecule has 1 saturated carbocycles. The maximum atomic E-state index is 12.7. The van der Waals surface area contributed by atoms with Crippen molar-refractivity contribution in [2.45, 2.75) is 72.1 Å². The molecular formula is C21H28N2O4. The van der Waals surface area contributed by atoms with E-state index in [1.807, 2.05) is 20.8 Å². The molecule has 0 atom stereocenters. The standard InChI is InChI=1S/C21H28N2O4/c1-4-10-22-14-11-21(2,3)12-17(26)19(14)16(25)9-8-13-20-15(24)6-5-7-18(20)27-23-13/h25H,4-12H2,1-3H3. The molecule has 146 valence electrons. The van der Waals surface area contributed by atoms with Crippen LogP contribution in [-0.4, -0.2) is 34.1 Å². The maximum Gasteiger partial charge on any atom is 0.168 e. The third-order valence-electron chi connectivity index (χ3n) is 5.19. The molecule has 0 saturated heterocycles. The summed E-state index contributed by atoms with van der Waals surface area (Å²) in [6.07, 6.45) is 4.61. The minimum Gasteiger partial charge on any atom is -0.511 e. The van der Waals surface area contributed by atoms with Crippen LogP contribution in [-0.2, 0) is 17.6 Å². The first-order valence-corrected chi connectivity index (χ1v) is 9.82. The van der Waals surface area contributed by atoms with Gasteiger partial charge in [0.05, 0.1) is 16.8 Å². The summed E-state index contributed by atoms with van der Waals surface area (Å²) >= 11 is 0. The molecule has 6 nitrogen and oxygen atoms in total. The van der Waals surface area contributed by atoms with Crippen molar-refractivity contribution >= 4 is 17.3 Å². The van der Waals surface area contributed by atoms with Crippen LogP contribution in [0.15, 0.2) is 20.8 Å². The van der Waals surface area contributed by atoms with Gasteiger partial charge < -0.3 is 9.63 Å². The Morgan fingerprint density at radius 3 is 2.74 bits per heavy atom. The van der Waals surface area contributed by atoms with Gasteiger partial charge in [0.1, 0.15) is 11.5 Å². The second-order valence-corrected chi connectivity index (χ2v) is 8.30. The number of hydrogen-bond acceptors (Lipinski definition) is 6. The Bertz CT molecular complexity index is 814. The average molecular weight is 372 g/mol. The third kappa shape index (κ3) is 4.20. The summed E-state index contributed by atoms with van der Waals surface area (Å²) in [6, 6.07) is 0. The number of hydrogen-bond donors (Lipinski definition) is 1. The quantitative estimate of drug-likeness (QED) is 0.618. The number of Topliss-reactive ketones (excluding diaryl/α,β-unsaturated/α-hetero) is 2. The number of aliphatic hydroxyl groups is 1. The van der Waals surface area contributed by atoms with Gasteiger partial charge in [-0.25, -0.2) is 0 Å². The second kappa shape index (κ2) is 7.79. The normalized spacial score (nSPS) is 22.9. The molecule has 1 aromatic rings. The monoisotopic (exact) mass is 372 g/mol. The van der Waals surface area contributed by atoms with Crippen molar-refractivity contribution in [1.82, 2.24) is 5.16 Å². The first-order chi connectivity index (χ1) is 12.8. The van der Waals surface area contributed by atoms with Gasteiger partial charge >= 0.3 is 0 Å². The summed E-state index contributed by atoms with van der Waals surface area (Å²) in [7, 11) is 0. The van der Waals surface area contributed by atoms with Gasteiger partial charge in [-0.15, -0.1) is 0 Å². The van der Waals surface area contributed by atoms with Gasteiger partial charge in [-0.3, -0.25) is 14.6 Å². The van der Waals surface area contributed by atoms with E-state index in [2.05, 4.69) is 10.1 Å². The summed E-state index contributed by atoms with van der Waals surface area (Å²) < 4.78 is 5.30. The average Bonchev–Trinajstić information content (AvgIpc) is 3.01. The molecule has 0 bridgehead atoms.